The summed E-state index contributed by atoms with van der Waals surface area (Å²) in [5.41, 5.74) is 0. The van der Waals surface area contributed by atoms with E-state index in [1.807, 2.05) is 0 Å². The van der Waals surface area contributed by atoms with Crippen LogP contribution in [0.1, 0.15) is 47.0 Å². The lowest BCUT2D eigenvalue weighted by molar-refractivity contribution is -0.164. The van der Waals surface area contributed by atoms with Crippen LogP contribution in [-0.4, -0.2) is 23.3 Å². The summed E-state index contributed by atoms with van der Waals surface area (Å²) in [5, 5.41) is 9.17. The summed E-state index contributed by atoms with van der Waals surface area (Å²) in [6, 6.07) is 0. The fourth-order valence-electron chi connectivity index (χ4n) is 2.50. The van der Waals surface area contributed by atoms with Gasteiger partial charge >= 0.3 is 5.97 Å². The first-order valence-corrected chi connectivity index (χ1v) is 6.30. The van der Waals surface area contributed by atoms with Crippen LogP contribution in [-0.2, 0) is 9.53 Å². The van der Waals surface area contributed by atoms with Crippen molar-refractivity contribution in [3.8, 4) is 0 Å². The molecule has 0 saturated heterocycles. The maximum absolute atomic E-state index is 11.4. The molecule has 0 spiro atoms. The van der Waals surface area contributed by atoms with Gasteiger partial charge in [-0.05, 0) is 37.5 Å². The summed E-state index contributed by atoms with van der Waals surface area (Å²) < 4.78 is 5.41. The number of esters is 1. The molecular formula is C13H24O3. The monoisotopic (exact) mass is 228 g/mol. The second-order valence-corrected chi connectivity index (χ2v) is 5.48. The average Bonchev–Trinajstić information content (AvgIpc) is 2.16. The zero-order valence-corrected chi connectivity index (χ0v) is 10.8. The lowest BCUT2D eigenvalue weighted by atomic mass is 9.75. The van der Waals surface area contributed by atoms with E-state index in [-0.39, 0.29) is 6.10 Å². The molecule has 16 heavy (non-hydrogen) atoms. The van der Waals surface area contributed by atoms with Crippen LogP contribution >= 0.6 is 0 Å². The van der Waals surface area contributed by atoms with E-state index in [4.69, 9.17) is 9.84 Å². The van der Waals surface area contributed by atoms with E-state index in [1.54, 1.807) is 0 Å². The lowest BCUT2D eigenvalue weighted by Gasteiger charge is -2.36. The first kappa shape index (κ1) is 13.5. The van der Waals surface area contributed by atoms with Crippen molar-refractivity contribution in [1.82, 2.24) is 0 Å². The van der Waals surface area contributed by atoms with Gasteiger partial charge < -0.3 is 9.84 Å². The molecule has 3 heteroatoms. The maximum Gasteiger partial charge on any atom is 0.334 e. The van der Waals surface area contributed by atoms with Crippen LogP contribution in [0.2, 0.25) is 0 Å². The minimum absolute atomic E-state index is 0.00847. The first-order valence-electron chi connectivity index (χ1n) is 6.30. The average molecular weight is 228 g/mol. The molecule has 0 radical (unpaired) electrons. The number of aliphatic hydroxyl groups excluding tert-OH is 1. The molecule has 0 bridgehead atoms. The van der Waals surface area contributed by atoms with Gasteiger partial charge in [-0.25, -0.2) is 4.79 Å². The van der Waals surface area contributed by atoms with E-state index in [9.17, 15) is 4.79 Å². The van der Waals surface area contributed by atoms with Gasteiger partial charge in [0, 0.05) is 0 Å². The van der Waals surface area contributed by atoms with Gasteiger partial charge in [-0.2, -0.15) is 0 Å². The molecule has 0 aromatic rings. The molecule has 0 amide bonds. The van der Waals surface area contributed by atoms with Crippen molar-refractivity contribution in [1.29, 1.82) is 0 Å². The molecule has 1 N–H and O–H groups in total. The Morgan fingerprint density at radius 3 is 2.44 bits per heavy atom. The molecule has 4 atom stereocenters. The van der Waals surface area contributed by atoms with Crippen LogP contribution < -0.4 is 0 Å². The molecule has 1 aliphatic rings. The van der Waals surface area contributed by atoms with Gasteiger partial charge in [-0.15, -0.1) is 0 Å². The van der Waals surface area contributed by atoms with E-state index in [0.29, 0.717) is 17.8 Å². The highest BCUT2D eigenvalue weighted by atomic mass is 16.6. The fraction of sp³-hybridized carbons (Fsp3) is 0.923. The van der Waals surface area contributed by atoms with Crippen LogP contribution in [0.4, 0.5) is 0 Å². The van der Waals surface area contributed by atoms with Crippen LogP contribution in [0.3, 0.4) is 0 Å². The molecular weight excluding hydrogens is 204 g/mol. The Bertz CT molecular complexity index is 235. The predicted octanol–water partition coefficient (Wildman–Crippen LogP) is 2.37. The van der Waals surface area contributed by atoms with Gasteiger partial charge in [-0.1, -0.05) is 27.2 Å². The Morgan fingerprint density at radius 2 is 1.94 bits per heavy atom. The number of ether oxygens (including phenoxy) is 1. The number of carbonyl (C=O) groups excluding carboxylic acids is 1. The second kappa shape index (κ2) is 5.67. The van der Waals surface area contributed by atoms with Crippen molar-refractivity contribution in [2.45, 2.75) is 59.2 Å². The van der Waals surface area contributed by atoms with E-state index in [1.165, 1.54) is 13.3 Å². The zero-order chi connectivity index (χ0) is 12.3. The summed E-state index contributed by atoms with van der Waals surface area (Å²) in [6.45, 7) is 7.99. The summed E-state index contributed by atoms with van der Waals surface area (Å²) in [7, 11) is 0. The topological polar surface area (TPSA) is 46.5 Å². The van der Waals surface area contributed by atoms with Crippen molar-refractivity contribution in [2.75, 3.05) is 0 Å². The van der Waals surface area contributed by atoms with Crippen molar-refractivity contribution in [3.05, 3.63) is 0 Å². The minimum Gasteiger partial charge on any atom is -0.460 e. The molecule has 0 aliphatic heterocycles. The van der Waals surface area contributed by atoms with E-state index in [0.717, 1.165) is 12.8 Å². The molecule has 0 heterocycles. The normalized spacial score (nSPS) is 32.5. The van der Waals surface area contributed by atoms with Crippen molar-refractivity contribution in [3.63, 3.8) is 0 Å². The third kappa shape index (κ3) is 3.48. The molecule has 94 valence electrons. The number of hydrogen-bond acceptors (Lipinski definition) is 3. The molecule has 3 nitrogen and oxygen atoms in total. The van der Waals surface area contributed by atoms with Gasteiger partial charge in [0.25, 0.3) is 0 Å². The number of carbonyl (C=O) groups is 1. The zero-order valence-electron chi connectivity index (χ0n) is 10.8. The third-order valence-electron chi connectivity index (χ3n) is 3.57. The molecule has 1 unspecified atom stereocenters. The van der Waals surface area contributed by atoms with Crippen LogP contribution in [0.15, 0.2) is 0 Å². The van der Waals surface area contributed by atoms with Gasteiger partial charge in [0.1, 0.15) is 12.2 Å². The van der Waals surface area contributed by atoms with Crippen molar-refractivity contribution in [2.24, 2.45) is 17.8 Å². The van der Waals surface area contributed by atoms with Gasteiger partial charge in [0.05, 0.1) is 0 Å². The Hall–Kier alpha value is -0.570. The maximum atomic E-state index is 11.4. The molecule has 1 aliphatic carbocycles. The number of hydrogen-bond donors (Lipinski definition) is 1. The molecule has 1 rings (SSSR count). The summed E-state index contributed by atoms with van der Waals surface area (Å²) in [4.78, 5) is 11.4. The third-order valence-corrected chi connectivity index (χ3v) is 3.57. The van der Waals surface area contributed by atoms with Crippen LogP contribution in [0, 0.1) is 17.8 Å². The standard InChI is InChI=1S/C13H24O3/c1-8(2)11-6-5-9(3)7-12(11)16-13(15)10(4)14/h8-12,14H,5-7H2,1-4H3/t9-,10?,11+,12+/m1/s1. The van der Waals surface area contributed by atoms with Gasteiger partial charge in [0.15, 0.2) is 0 Å². The van der Waals surface area contributed by atoms with Crippen LogP contribution in [0.25, 0.3) is 0 Å². The molecule has 1 saturated carbocycles. The quantitative estimate of drug-likeness (QED) is 0.754. The Kier molecular flexibility index (Phi) is 4.78. The summed E-state index contributed by atoms with van der Waals surface area (Å²) in [5.74, 6) is 1.10. The molecule has 0 aromatic heterocycles. The van der Waals surface area contributed by atoms with Crippen LogP contribution in [0.5, 0.6) is 0 Å². The van der Waals surface area contributed by atoms with Crippen molar-refractivity contribution < 1.29 is 14.6 Å². The van der Waals surface area contributed by atoms with Gasteiger partial charge in [0.2, 0.25) is 0 Å². The highest BCUT2D eigenvalue weighted by molar-refractivity contribution is 5.74. The number of rotatable bonds is 3. The predicted molar refractivity (Wildman–Crippen MR) is 62.9 cm³/mol. The second-order valence-electron chi connectivity index (χ2n) is 5.48. The Morgan fingerprint density at radius 1 is 1.31 bits per heavy atom. The SMILES string of the molecule is CC(O)C(=O)O[C@H]1C[C@H](C)CC[C@H]1C(C)C. The fourth-order valence-corrected chi connectivity index (χ4v) is 2.50. The first-order chi connectivity index (χ1) is 7.41. The highest BCUT2D eigenvalue weighted by Crippen LogP contribution is 2.35. The van der Waals surface area contributed by atoms with E-state index >= 15 is 0 Å². The Balaban J connectivity index is 2.61. The van der Waals surface area contributed by atoms with E-state index in [2.05, 4.69) is 20.8 Å². The molecule has 1 fully saturated rings. The smallest absolute Gasteiger partial charge is 0.334 e. The molecule has 0 aromatic carbocycles. The number of aliphatic hydroxyl groups is 1. The highest BCUT2D eigenvalue weighted by Gasteiger charge is 2.33. The van der Waals surface area contributed by atoms with Gasteiger partial charge in [-0.3, -0.25) is 0 Å². The lowest BCUT2D eigenvalue weighted by Crippen LogP contribution is -2.37. The minimum atomic E-state index is -1.01. The van der Waals surface area contributed by atoms with Crippen molar-refractivity contribution >= 4 is 5.97 Å². The Labute approximate surface area is 98.2 Å². The largest absolute Gasteiger partial charge is 0.460 e. The van der Waals surface area contributed by atoms with E-state index < -0.39 is 12.1 Å². The summed E-state index contributed by atoms with van der Waals surface area (Å²) >= 11 is 0. The summed E-state index contributed by atoms with van der Waals surface area (Å²) in [6.07, 6.45) is 2.25.